The summed E-state index contributed by atoms with van der Waals surface area (Å²) in [7, 11) is 1.43. The Hall–Kier alpha value is -2.60. The Kier molecular flexibility index (Phi) is 6.36. The smallest absolute Gasteiger partial charge is 0.341 e. The third kappa shape index (κ3) is 4.70. The summed E-state index contributed by atoms with van der Waals surface area (Å²) in [6, 6.07) is 11.3. The molecule has 0 spiro atoms. The molecule has 0 saturated carbocycles. The summed E-state index contributed by atoms with van der Waals surface area (Å²) in [4.78, 5) is 10.7. The highest BCUT2D eigenvalue weighted by molar-refractivity contribution is 14.1. The van der Waals surface area contributed by atoms with Crippen LogP contribution < -0.4 is 9.47 Å². The number of nitriles is 1. The molecular weight excluding hydrogens is 440 g/mol. The minimum absolute atomic E-state index is 0.162. The molecule has 2 aromatic carbocycles. The third-order valence-electron chi connectivity index (χ3n) is 3.19. The fourth-order valence-electron chi connectivity index (χ4n) is 2.11. The van der Waals surface area contributed by atoms with Gasteiger partial charge >= 0.3 is 5.97 Å². The minimum Gasteiger partial charge on any atom is -0.493 e. The second kappa shape index (κ2) is 8.48. The average molecular weight is 453 g/mol. The summed E-state index contributed by atoms with van der Waals surface area (Å²) in [5.74, 6) is -0.969. The highest BCUT2D eigenvalue weighted by Crippen LogP contribution is 2.35. The van der Waals surface area contributed by atoms with Gasteiger partial charge in [-0.25, -0.2) is 9.18 Å². The van der Waals surface area contributed by atoms with Gasteiger partial charge in [-0.2, -0.15) is 5.26 Å². The van der Waals surface area contributed by atoms with Gasteiger partial charge in [-0.15, -0.1) is 0 Å². The number of halogens is 2. The van der Waals surface area contributed by atoms with Crippen LogP contribution in [0.1, 0.15) is 11.1 Å². The second-order valence-corrected chi connectivity index (χ2v) is 6.03. The van der Waals surface area contributed by atoms with Gasteiger partial charge in [0.05, 0.1) is 22.3 Å². The monoisotopic (exact) mass is 453 g/mol. The van der Waals surface area contributed by atoms with Gasteiger partial charge in [-0.05, 0) is 52.4 Å². The average Bonchev–Trinajstić information content (AvgIpc) is 2.58. The molecule has 0 radical (unpaired) electrons. The van der Waals surface area contributed by atoms with Gasteiger partial charge in [-0.3, -0.25) is 0 Å². The van der Waals surface area contributed by atoms with Crippen molar-refractivity contribution < 1.29 is 23.8 Å². The van der Waals surface area contributed by atoms with Crippen molar-refractivity contribution in [2.45, 2.75) is 0 Å². The molecule has 1 N–H and O–H groups in total. The molecule has 0 atom stereocenters. The number of methoxy groups -OCH3 is 1. The molecule has 0 bridgehead atoms. The molecule has 0 aromatic heterocycles. The molecule has 0 unspecified atom stereocenters. The Morgan fingerprint density at radius 1 is 1.40 bits per heavy atom. The van der Waals surface area contributed by atoms with E-state index in [0.717, 1.165) is 0 Å². The number of allylic oxidation sites excluding steroid dienone is 1. The number of hydrogen-bond donors (Lipinski definition) is 1. The number of rotatable bonds is 6. The van der Waals surface area contributed by atoms with Crippen molar-refractivity contribution in [2.75, 3.05) is 13.7 Å². The molecule has 0 aliphatic heterocycles. The van der Waals surface area contributed by atoms with E-state index in [2.05, 4.69) is 0 Å². The number of carboxylic acid groups (broad SMARTS) is 1. The summed E-state index contributed by atoms with van der Waals surface area (Å²) < 4.78 is 25.0. The van der Waals surface area contributed by atoms with Crippen molar-refractivity contribution >= 4 is 40.2 Å². The highest BCUT2D eigenvalue weighted by Gasteiger charge is 2.14. The van der Waals surface area contributed by atoms with Crippen LogP contribution in [-0.4, -0.2) is 24.8 Å². The van der Waals surface area contributed by atoms with Crippen LogP contribution in [0.25, 0.3) is 11.6 Å². The molecule has 5 nitrogen and oxygen atoms in total. The van der Waals surface area contributed by atoms with Crippen molar-refractivity contribution in [3.63, 3.8) is 0 Å². The molecule has 7 heteroatoms. The van der Waals surface area contributed by atoms with Crippen molar-refractivity contribution in [3.05, 3.63) is 56.9 Å². The molecule has 0 heterocycles. The molecular formula is C18H13FINO4. The van der Waals surface area contributed by atoms with Gasteiger partial charge in [0.1, 0.15) is 5.82 Å². The number of ether oxygens (including phenoxy) is 2. The number of carbonyl (C=O) groups is 1. The fourth-order valence-corrected chi connectivity index (χ4v) is 2.89. The number of aliphatic carboxylic acids is 1. The van der Waals surface area contributed by atoms with E-state index in [9.17, 15) is 14.4 Å². The lowest BCUT2D eigenvalue weighted by atomic mass is 10.0. The summed E-state index contributed by atoms with van der Waals surface area (Å²) in [5, 5.41) is 18.1. The van der Waals surface area contributed by atoms with Gasteiger partial charge in [-0.1, -0.05) is 18.2 Å². The van der Waals surface area contributed by atoms with E-state index in [1.54, 1.807) is 24.3 Å². The predicted molar refractivity (Wildman–Crippen MR) is 98.7 cm³/mol. The number of benzene rings is 2. The highest BCUT2D eigenvalue weighted by atomic mass is 127. The normalized spacial score (nSPS) is 10.9. The van der Waals surface area contributed by atoms with Crippen molar-refractivity contribution in [1.82, 2.24) is 0 Å². The fraction of sp³-hybridized carbons (Fsp3) is 0.111. The zero-order valence-electron chi connectivity index (χ0n) is 13.1. The van der Waals surface area contributed by atoms with E-state index < -0.39 is 18.4 Å². The standard InChI is InChI=1S/C18H13FINO4/c1-24-16-8-11(7-15(20)18(16)25-10-17(22)23)6-12(9-21)13-4-2-3-5-14(13)19/h2-8H,10H2,1H3,(H,22,23)/b12-6-. The number of hydrogen-bond acceptors (Lipinski definition) is 4. The Morgan fingerprint density at radius 3 is 2.72 bits per heavy atom. The van der Waals surface area contributed by atoms with Crippen LogP contribution in [0.2, 0.25) is 0 Å². The molecule has 0 fully saturated rings. The van der Waals surface area contributed by atoms with Crippen molar-refractivity contribution in [1.29, 1.82) is 5.26 Å². The Labute approximate surface area is 157 Å². The van der Waals surface area contributed by atoms with Gasteiger partial charge in [0.15, 0.2) is 18.1 Å². The SMILES string of the molecule is COc1cc(/C=C(/C#N)c2ccccc2F)cc(I)c1OCC(=O)O. The van der Waals surface area contributed by atoms with E-state index >= 15 is 0 Å². The maximum Gasteiger partial charge on any atom is 0.341 e. The summed E-state index contributed by atoms with van der Waals surface area (Å²) in [5.41, 5.74) is 0.962. The van der Waals surface area contributed by atoms with E-state index in [1.807, 2.05) is 28.7 Å². The van der Waals surface area contributed by atoms with Crippen molar-refractivity contribution in [3.8, 4) is 17.6 Å². The molecule has 25 heavy (non-hydrogen) atoms. The van der Waals surface area contributed by atoms with E-state index in [0.29, 0.717) is 20.6 Å². The Balaban J connectivity index is 2.46. The molecule has 0 aliphatic rings. The predicted octanol–water partition coefficient (Wildman–Crippen LogP) is 3.97. The minimum atomic E-state index is -1.10. The Bertz CT molecular complexity index is 874. The first-order valence-corrected chi connectivity index (χ1v) is 8.13. The van der Waals surface area contributed by atoms with Crippen molar-refractivity contribution in [2.24, 2.45) is 0 Å². The van der Waals surface area contributed by atoms with Crippen LogP contribution >= 0.6 is 22.6 Å². The summed E-state index contributed by atoms with van der Waals surface area (Å²) in [6.45, 7) is -0.500. The first-order valence-electron chi connectivity index (χ1n) is 7.05. The van der Waals surface area contributed by atoms with Gasteiger partial charge < -0.3 is 14.6 Å². The van der Waals surface area contributed by atoms with Crippen LogP contribution in [0.3, 0.4) is 0 Å². The van der Waals surface area contributed by atoms with Gasteiger partial charge in [0.2, 0.25) is 0 Å². The third-order valence-corrected chi connectivity index (χ3v) is 3.99. The maximum atomic E-state index is 13.9. The summed E-state index contributed by atoms with van der Waals surface area (Å²) >= 11 is 1.98. The van der Waals surface area contributed by atoms with Crippen LogP contribution in [0.5, 0.6) is 11.5 Å². The quantitative estimate of drug-likeness (QED) is 0.407. The van der Waals surface area contributed by atoms with E-state index in [-0.39, 0.29) is 11.1 Å². The zero-order valence-corrected chi connectivity index (χ0v) is 15.3. The van der Waals surface area contributed by atoms with E-state index in [1.165, 1.54) is 25.3 Å². The molecule has 0 saturated heterocycles. The van der Waals surface area contributed by atoms with Gasteiger partial charge in [0, 0.05) is 5.56 Å². The maximum absolute atomic E-state index is 13.9. The number of nitrogens with zero attached hydrogens (tertiary/aromatic N) is 1. The topological polar surface area (TPSA) is 79.5 Å². The van der Waals surface area contributed by atoms with E-state index in [4.69, 9.17) is 14.6 Å². The molecule has 2 aromatic rings. The van der Waals surface area contributed by atoms with Crippen LogP contribution in [0.4, 0.5) is 4.39 Å². The molecule has 128 valence electrons. The lowest BCUT2D eigenvalue weighted by Crippen LogP contribution is -2.11. The largest absolute Gasteiger partial charge is 0.493 e. The van der Waals surface area contributed by atoms with Crippen LogP contribution in [-0.2, 0) is 4.79 Å². The molecule has 0 amide bonds. The number of carboxylic acids is 1. The lowest BCUT2D eigenvalue weighted by Gasteiger charge is -2.12. The van der Waals surface area contributed by atoms with Gasteiger partial charge in [0.25, 0.3) is 0 Å². The molecule has 0 aliphatic carbocycles. The first-order chi connectivity index (χ1) is 12.0. The molecule has 2 rings (SSSR count). The Morgan fingerprint density at radius 2 is 2.12 bits per heavy atom. The van der Waals surface area contributed by atoms with Crippen LogP contribution in [0.15, 0.2) is 36.4 Å². The summed E-state index contributed by atoms with van der Waals surface area (Å²) in [6.07, 6.45) is 1.53. The lowest BCUT2D eigenvalue weighted by molar-refractivity contribution is -0.139. The van der Waals surface area contributed by atoms with Crippen LogP contribution in [0, 0.1) is 20.7 Å². The zero-order chi connectivity index (χ0) is 18.4. The first kappa shape index (κ1) is 18.7. The second-order valence-electron chi connectivity index (χ2n) is 4.87.